The molecule has 1 aromatic carbocycles. The Morgan fingerprint density at radius 2 is 1.53 bits per heavy atom. The van der Waals surface area contributed by atoms with E-state index in [2.05, 4.69) is 36.3 Å². The van der Waals surface area contributed by atoms with E-state index in [0.29, 0.717) is 106 Å². The molecule has 5 heterocycles. The van der Waals surface area contributed by atoms with Crippen molar-refractivity contribution in [2.45, 2.75) is 82.3 Å². The molecule has 0 amide bonds. The molecular weight excluding hydrogens is 733 g/mol. The number of fused-ring (bicyclic) bond motifs is 2. The van der Waals surface area contributed by atoms with E-state index < -0.39 is 0 Å². The maximum Gasteiger partial charge on any atom is 0.257 e. The van der Waals surface area contributed by atoms with Gasteiger partial charge in [-0.3, -0.25) is 9.58 Å². The Bertz CT molecular complexity index is 1830. The first-order chi connectivity index (χ1) is 28.1. The summed E-state index contributed by atoms with van der Waals surface area (Å²) in [6, 6.07) is 9.66. The highest BCUT2D eigenvalue weighted by molar-refractivity contribution is 5.67. The largest absolute Gasteiger partial charge is 0.487 e. The SMILES string of the molecule is COCCOCCOCCOCCOc1nn([C@H]2CC[C@H](N3[C@@H]4CC[C@H]3COC4)CC2)cc1Nc1ncc(-c2ccc(C#N)c(O[C@@H](C)Cn3cncn3)c2)cn1. The van der Waals surface area contributed by atoms with Gasteiger partial charge in [0.25, 0.3) is 5.88 Å². The normalized spacial score (nSPS) is 21.3. The standard InChI is InChI=1S/C40H54N10O7/c1-29(23-48-28-42-27-45-48)57-38-19-30(3-4-31(38)20-41)32-21-43-40(44-22-32)46-37-24-49(33-5-7-34(8-6-33)50-35-9-10-36(50)26-55-25-35)47-39(37)56-18-17-54-16-15-53-14-13-52-12-11-51-2/h3-4,19,21-22,24,27-29,33-36H,5-18,23,25-26H2,1-2H3,(H,43,44,46)/t29-,33-,34-,35-,36+/m0/s1. The number of nitrogens with zero attached hydrogens (tertiary/aromatic N) is 9. The fraction of sp³-hybridized carbons (Fsp3) is 0.600. The zero-order chi connectivity index (χ0) is 39.2. The summed E-state index contributed by atoms with van der Waals surface area (Å²) in [5.74, 6) is 1.35. The van der Waals surface area contributed by atoms with Crippen LogP contribution in [-0.4, -0.2) is 137 Å². The fourth-order valence-electron chi connectivity index (χ4n) is 7.91. The molecule has 3 aromatic heterocycles. The molecule has 17 heteroatoms. The van der Waals surface area contributed by atoms with Crippen molar-refractivity contribution in [3.8, 4) is 28.8 Å². The highest BCUT2D eigenvalue weighted by Gasteiger charge is 2.42. The third-order valence-corrected chi connectivity index (χ3v) is 10.7. The second-order valence-electron chi connectivity index (χ2n) is 14.6. The number of methoxy groups -OCH3 is 1. The monoisotopic (exact) mass is 786 g/mol. The van der Waals surface area contributed by atoms with Gasteiger partial charge >= 0.3 is 0 Å². The minimum Gasteiger partial charge on any atom is -0.487 e. The summed E-state index contributed by atoms with van der Waals surface area (Å²) < 4.78 is 43.7. The summed E-state index contributed by atoms with van der Waals surface area (Å²) in [4.78, 5) is 16.0. The molecule has 0 unspecified atom stereocenters. The van der Waals surface area contributed by atoms with Crippen molar-refractivity contribution in [3.63, 3.8) is 0 Å². The van der Waals surface area contributed by atoms with Crippen LogP contribution in [0.5, 0.6) is 11.6 Å². The maximum atomic E-state index is 9.74. The number of ether oxygens (including phenoxy) is 7. The van der Waals surface area contributed by atoms with Gasteiger partial charge < -0.3 is 38.5 Å². The molecule has 4 aromatic rings. The smallest absolute Gasteiger partial charge is 0.257 e. The molecule has 1 N–H and O–H groups in total. The van der Waals surface area contributed by atoms with Crippen molar-refractivity contribution >= 4 is 11.6 Å². The molecular formula is C40H54N10O7. The first kappa shape index (κ1) is 40.5. The first-order valence-corrected chi connectivity index (χ1v) is 20.0. The van der Waals surface area contributed by atoms with Gasteiger partial charge in [-0.15, -0.1) is 5.10 Å². The molecule has 17 nitrogen and oxygen atoms in total. The van der Waals surface area contributed by atoms with Crippen LogP contribution in [0.15, 0.2) is 49.4 Å². The molecule has 1 aliphatic carbocycles. The van der Waals surface area contributed by atoms with Crippen LogP contribution >= 0.6 is 0 Å². The van der Waals surface area contributed by atoms with Gasteiger partial charge in [0, 0.05) is 43.2 Å². The van der Waals surface area contributed by atoms with Gasteiger partial charge in [0.2, 0.25) is 5.95 Å². The summed E-state index contributed by atoms with van der Waals surface area (Å²) in [5, 5.41) is 22.2. The average molecular weight is 787 g/mol. The zero-order valence-electron chi connectivity index (χ0n) is 32.9. The Morgan fingerprint density at radius 1 is 0.860 bits per heavy atom. The Kier molecular flexibility index (Phi) is 14.7. The summed E-state index contributed by atoms with van der Waals surface area (Å²) in [6.45, 7) is 7.90. The van der Waals surface area contributed by atoms with Gasteiger partial charge in [-0.05, 0) is 63.1 Å². The van der Waals surface area contributed by atoms with Crippen LogP contribution < -0.4 is 14.8 Å². The lowest BCUT2D eigenvalue weighted by atomic mass is 9.89. The van der Waals surface area contributed by atoms with Crippen molar-refractivity contribution in [1.29, 1.82) is 5.26 Å². The summed E-state index contributed by atoms with van der Waals surface area (Å²) >= 11 is 0. The zero-order valence-corrected chi connectivity index (χ0v) is 32.9. The van der Waals surface area contributed by atoms with Crippen molar-refractivity contribution in [2.24, 2.45) is 0 Å². The molecule has 3 fully saturated rings. The third-order valence-electron chi connectivity index (χ3n) is 10.7. The second kappa shape index (κ2) is 20.6. The van der Waals surface area contributed by atoms with E-state index in [4.69, 9.17) is 38.3 Å². The lowest BCUT2D eigenvalue weighted by Gasteiger charge is -2.43. The number of morpholine rings is 1. The Morgan fingerprint density at radius 3 is 2.19 bits per heavy atom. The molecule has 1 saturated carbocycles. The minimum atomic E-state index is -0.244. The predicted molar refractivity (Wildman–Crippen MR) is 208 cm³/mol. The van der Waals surface area contributed by atoms with Crippen LogP contribution in [0.3, 0.4) is 0 Å². The molecule has 57 heavy (non-hydrogen) atoms. The van der Waals surface area contributed by atoms with Gasteiger partial charge in [-0.25, -0.2) is 19.6 Å². The Hall–Kier alpha value is -4.70. The second-order valence-corrected chi connectivity index (χ2v) is 14.6. The summed E-state index contributed by atoms with van der Waals surface area (Å²) in [7, 11) is 1.65. The number of benzene rings is 1. The van der Waals surface area contributed by atoms with E-state index in [1.165, 1.54) is 19.2 Å². The lowest BCUT2D eigenvalue weighted by Crippen LogP contribution is -2.52. The number of aromatic nitrogens is 7. The highest BCUT2D eigenvalue weighted by atomic mass is 16.6. The molecule has 0 spiro atoms. The van der Waals surface area contributed by atoms with Crippen LogP contribution in [0.4, 0.5) is 11.6 Å². The van der Waals surface area contributed by atoms with Crippen molar-refractivity contribution < 1.29 is 33.2 Å². The third kappa shape index (κ3) is 11.0. The number of hydrogen-bond donors (Lipinski definition) is 1. The maximum absolute atomic E-state index is 9.74. The number of nitrogens with one attached hydrogen (secondary N) is 1. The van der Waals surface area contributed by atoms with E-state index >= 15 is 0 Å². The predicted octanol–water partition coefficient (Wildman–Crippen LogP) is 4.44. The molecule has 306 valence electrons. The van der Waals surface area contributed by atoms with E-state index in [0.717, 1.165) is 50.0 Å². The lowest BCUT2D eigenvalue weighted by molar-refractivity contribution is -0.0458. The van der Waals surface area contributed by atoms with Gasteiger partial charge in [0.15, 0.2) is 0 Å². The van der Waals surface area contributed by atoms with Gasteiger partial charge in [0.1, 0.15) is 42.9 Å². The number of anilines is 2. The Labute approximate surface area is 333 Å². The topological polar surface area (TPSA) is 178 Å². The van der Waals surface area contributed by atoms with E-state index in [9.17, 15) is 5.26 Å². The van der Waals surface area contributed by atoms with Crippen molar-refractivity contribution in [1.82, 2.24) is 39.4 Å². The molecule has 2 aliphatic heterocycles. The first-order valence-electron chi connectivity index (χ1n) is 20.0. The van der Waals surface area contributed by atoms with Crippen LogP contribution in [0.1, 0.15) is 57.1 Å². The van der Waals surface area contributed by atoms with Crippen LogP contribution in [0, 0.1) is 11.3 Å². The van der Waals surface area contributed by atoms with Gasteiger partial charge in [-0.1, -0.05) is 6.07 Å². The average Bonchev–Trinajstić information content (AvgIpc) is 3.96. The van der Waals surface area contributed by atoms with Crippen molar-refractivity contribution in [3.05, 3.63) is 55.0 Å². The van der Waals surface area contributed by atoms with Gasteiger partial charge in [-0.2, -0.15) is 10.4 Å². The number of hydrogen-bond acceptors (Lipinski definition) is 15. The summed E-state index contributed by atoms with van der Waals surface area (Å²) in [6.07, 6.45) is 15.2. The Balaban J connectivity index is 0.968. The molecule has 3 aliphatic rings. The molecule has 2 saturated heterocycles. The van der Waals surface area contributed by atoms with Crippen LogP contribution in [-0.2, 0) is 30.2 Å². The van der Waals surface area contributed by atoms with Gasteiger partial charge in [0.05, 0.1) is 83.8 Å². The van der Waals surface area contributed by atoms with E-state index in [1.54, 1.807) is 36.6 Å². The number of nitriles is 1. The van der Waals surface area contributed by atoms with E-state index in [1.807, 2.05) is 29.9 Å². The van der Waals surface area contributed by atoms with Crippen molar-refractivity contribution in [2.75, 3.05) is 78.5 Å². The van der Waals surface area contributed by atoms with Crippen LogP contribution in [0.2, 0.25) is 0 Å². The summed E-state index contributed by atoms with van der Waals surface area (Å²) in [5.41, 5.74) is 2.72. The highest BCUT2D eigenvalue weighted by Crippen LogP contribution is 2.39. The number of rotatable bonds is 22. The van der Waals surface area contributed by atoms with Crippen LogP contribution in [0.25, 0.3) is 11.1 Å². The van der Waals surface area contributed by atoms with E-state index in [-0.39, 0.29) is 12.1 Å². The molecule has 2 bridgehead atoms. The molecule has 3 atom stereocenters. The quantitative estimate of drug-likeness (QED) is 0.111. The molecule has 0 radical (unpaired) electrons. The fourth-order valence-corrected chi connectivity index (χ4v) is 7.91. The minimum absolute atomic E-state index is 0.244. The molecule has 7 rings (SSSR count).